The van der Waals surface area contributed by atoms with Crippen LogP contribution in [0.3, 0.4) is 0 Å². The van der Waals surface area contributed by atoms with Crippen LogP contribution in [0.1, 0.15) is 19.3 Å². The average Bonchev–Trinajstić information content (AvgIpc) is 2.69. The van der Waals surface area contributed by atoms with Gasteiger partial charge in [-0.3, -0.25) is 14.4 Å². The number of Topliss-reactive ketones (excluding diaryl/α,β-unsaturated/α-hetero) is 1. The maximum Gasteiger partial charge on any atom is 0.306 e. The summed E-state index contributed by atoms with van der Waals surface area (Å²) >= 11 is 16.0. The molecule has 0 bridgehead atoms. The Morgan fingerprint density at radius 1 is 0.690 bits per heavy atom. The predicted molar refractivity (Wildman–Crippen MR) is 122 cm³/mol. The summed E-state index contributed by atoms with van der Waals surface area (Å²) in [6.45, 7) is -0.620. The van der Waals surface area contributed by atoms with E-state index in [2.05, 4.69) is 50.5 Å². The molecule has 0 rings (SSSR count). The average molecular weight is 491 g/mol. The van der Waals surface area contributed by atoms with E-state index in [1.165, 1.54) is 0 Å². The Hall–Kier alpha value is -0.110. The minimum absolute atomic E-state index is 0.0641. The summed E-state index contributed by atoms with van der Waals surface area (Å²) in [5.41, 5.74) is -1.37. The SMILES string of the molecule is O=C(CCS)COC(COCOCCS)(COC(=O)CCS)COC(=O)CCS. The maximum absolute atomic E-state index is 11.9. The number of ketones is 1. The predicted octanol–water partition coefficient (Wildman–Crippen LogP) is 1.28. The van der Waals surface area contributed by atoms with E-state index in [4.69, 9.17) is 23.7 Å². The van der Waals surface area contributed by atoms with Crippen LogP contribution in [-0.4, -0.2) is 86.2 Å². The molecule has 0 aromatic heterocycles. The first-order valence-electron chi connectivity index (χ1n) is 8.99. The number of thiol groups is 4. The molecular weight excluding hydrogens is 460 g/mol. The molecule has 0 spiro atoms. The van der Waals surface area contributed by atoms with Crippen molar-refractivity contribution in [1.82, 2.24) is 0 Å². The van der Waals surface area contributed by atoms with Gasteiger partial charge in [0, 0.05) is 23.7 Å². The second-order valence-corrected chi connectivity index (χ2v) is 7.64. The number of carbonyl (C=O) groups excluding carboxylic acids is 3. The monoisotopic (exact) mass is 490 g/mol. The Morgan fingerprint density at radius 3 is 1.72 bits per heavy atom. The van der Waals surface area contributed by atoms with E-state index >= 15 is 0 Å². The second-order valence-electron chi connectivity index (χ2n) is 5.85. The first kappa shape index (κ1) is 28.9. The number of hydrogen-bond acceptors (Lipinski definition) is 12. The molecule has 0 fully saturated rings. The van der Waals surface area contributed by atoms with Gasteiger partial charge in [0.2, 0.25) is 0 Å². The van der Waals surface area contributed by atoms with Crippen LogP contribution in [0.25, 0.3) is 0 Å². The first-order valence-corrected chi connectivity index (χ1v) is 11.5. The fraction of sp³-hybridized carbons (Fsp3) is 0.824. The van der Waals surface area contributed by atoms with E-state index in [1.54, 1.807) is 0 Å². The lowest BCUT2D eigenvalue weighted by atomic mass is 10.1. The van der Waals surface area contributed by atoms with E-state index in [0.717, 1.165) is 0 Å². The lowest BCUT2D eigenvalue weighted by molar-refractivity contribution is -0.193. The van der Waals surface area contributed by atoms with E-state index in [1.807, 2.05) is 0 Å². The molecule has 0 aromatic rings. The lowest BCUT2D eigenvalue weighted by Gasteiger charge is -2.32. The zero-order valence-electron chi connectivity index (χ0n) is 16.2. The number of ether oxygens (including phenoxy) is 5. The number of carbonyl (C=O) groups is 3. The van der Waals surface area contributed by atoms with Crippen molar-refractivity contribution in [2.45, 2.75) is 24.9 Å². The summed E-state index contributed by atoms with van der Waals surface area (Å²) in [6.07, 6.45) is 0.413. The Kier molecular flexibility index (Phi) is 18.6. The Bertz CT molecular complexity index is 423. The lowest BCUT2D eigenvalue weighted by Crippen LogP contribution is -2.49. The highest BCUT2D eigenvalue weighted by atomic mass is 32.1. The van der Waals surface area contributed by atoms with Gasteiger partial charge in [-0.15, -0.1) is 0 Å². The minimum atomic E-state index is -1.37. The molecule has 0 saturated carbocycles. The summed E-state index contributed by atoms with van der Waals surface area (Å²) in [4.78, 5) is 35.5. The number of hydrogen-bond donors (Lipinski definition) is 4. The molecule has 0 aliphatic rings. The molecule has 12 heteroatoms. The van der Waals surface area contributed by atoms with Crippen molar-refractivity contribution in [3.8, 4) is 0 Å². The van der Waals surface area contributed by atoms with Crippen LogP contribution in [0.2, 0.25) is 0 Å². The van der Waals surface area contributed by atoms with Crippen LogP contribution in [0, 0.1) is 0 Å². The third-order valence-corrected chi connectivity index (χ3v) is 4.18. The Morgan fingerprint density at radius 2 is 1.24 bits per heavy atom. The van der Waals surface area contributed by atoms with Crippen molar-refractivity contribution < 1.29 is 38.1 Å². The van der Waals surface area contributed by atoms with Gasteiger partial charge in [-0.2, -0.15) is 50.5 Å². The van der Waals surface area contributed by atoms with Crippen LogP contribution >= 0.6 is 50.5 Å². The molecule has 0 aromatic carbocycles. The first-order chi connectivity index (χ1) is 13.9. The highest BCUT2D eigenvalue weighted by Gasteiger charge is 2.36. The largest absolute Gasteiger partial charge is 0.462 e. The van der Waals surface area contributed by atoms with Crippen molar-refractivity contribution in [3.63, 3.8) is 0 Å². The van der Waals surface area contributed by atoms with Gasteiger partial charge in [0.15, 0.2) is 11.4 Å². The van der Waals surface area contributed by atoms with Gasteiger partial charge in [-0.1, -0.05) is 0 Å². The fourth-order valence-corrected chi connectivity index (χ4v) is 2.59. The molecule has 0 aliphatic heterocycles. The number of esters is 2. The molecule has 0 unspecified atom stereocenters. The summed E-state index contributed by atoms with van der Waals surface area (Å²) in [5, 5.41) is 0. The maximum atomic E-state index is 11.9. The van der Waals surface area contributed by atoms with Gasteiger partial charge in [-0.25, -0.2) is 0 Å². The summed E-state index contributed by atoms with van der Waals surface area (Å²) in [7, 11) is 0. The van der Waals surface area contributed by atoms with Crippen LogP contribution in [0.15, 0.2) is 0 Å². The molecule has 8 nitrogen and oxygen atoms in total. The highest BCUT2D eigenvalue weighted by molar-refractivity contribution is 7.80. The molecule has 170 valence electrons. The van der Waals surface area contributed by atoms with Crippen molar-refractivity contribution in [3.05, 3.63) is 0 Å². The summed E-state index contributed by atoms with van der Waals surface area (Å²) < 4.78 is 26.9. The topological polar surface area (TPSA) is 97.4 Å². The molecule has 29 heavy (non-hydrogen) atoms. The Labute approximate surface area is 193 Å². The molecule has 0 atom stereocenters. The van der Waals surface area contributed by atoms with E-state index in [0.29, 0.717) is 29.6 Å². The third-order valence-electron chi connectivity index (χ3n) is 3.32. The van der Waals surface area contributed by atoms with Gasteiger partial charge in [0.1, 0.15) is 26.6 Å². The zero-order chi connectivity index (χ0) is 22.0. The van der Waals surface area contributed by atoms with E-state index in [-0.39, 0.29) is 58.3 Å². The van der Waals surface area contributed by atoms with Gasteiger partial charge in [0.05, 0.1) is 26.1 Å². The number of rotatable bonds is 19. The minimum Gasteiger partial charge on any atom is -0.462 e. The quantitative estimate of drug-likeness (QED) is 0.0931. The van der Waals surface area contributed by atoms with Gasteiger partial charge < -0.3 is 23.7 Å². The molecule has 0 saturated heterocycles. The van der Waals surface area contributed by atoms with Gasteiger partial charge in [-0.05, 0) is 5.75 Å². The van der Waals surface area contributed by atoms with Crippen LogP contribution in [0.4, 0.5) is 0 Å². The smallest absolute Gasteiger partial charge is 0.306 e. The van der Waals surface area contributed by atoms with Crippen molar-refractivity contribution >= 4 is 68.2 Å². The van der Waals surface area contributed by atoms with Crippen molar-refractivity contribution in [1.29, 1.82) is 0 Å². The van der Waals surface area contributed by atoms with Crippen LogP contribution < -0.4 is 0 Å². The zero-order valence-corrected chi connectivity index (χ0v) is 19.8. The second kappa shape index (κ2) is 18.6. The molecule has 0 amide bonds. The normalized spacial score (nSPS) is 11.3. The summed E-state index contributed by atoms with van der Waals surface area (Å²) in [5.74, 6) is 0.337. The Balaban J connectivity index is 5.17. The molecule has 0 aliphatic carbocycles. The third kappa shape index (κ3) is 15.4. The molecule has 0 radical (unpaired) electrons. The fourth-order valence-electron chi connectivity index (χ4n) is 1.84. The van der Waals surface area contributed by atoms with Crippen LogP contribution in [0.5, 0.6) is 0 Å². The van der Waals surface area contributed by atoms with E-state index in [9.17, 15) is 14.4 Å². The van der Waals surface area contributed by atoms with Crippen molar-refractivity contribution in [2.24, 2.45) is 0 Å². The van der Waals surface area contributed by atoms with Gasteiger partial charge in [0.25, 0.3) is 0 Å². The molecule has 0 heterocycles. The molecule has 0 N–H and O–H groups in total. The molecular formula is C17H30O8S4. The van der Waals surface area contributed by atoms with Crippen molar-refractivity contribution in [2.75, 3.05) is 62.8 Å². The standard InChI is InChI=1S/C17H30O8S4/c18-14(1-5-26)9-25-17(10-22-13-21-4-8-29,11-23-15(19)2-6-27)12-24-16(20)3-7-28/h26-29H,1-13H2. The van der Waals surface area contributed by atoms with Crippen LogP contribution in [-0.2, 0) is 38.1 Å². The highest BCUT2D eigenvalue weighted by Crippen LogP contribution is 2.16. The van der Waals surface area contributed by atoms with E-state index < -0.39 is 17.5 Å². The summed E-state index contributed by atoms with van der Waals surface area (Å²) in [6, 6.07) is 0. The van der Waals surface area contributed by atoms with Gasteiger partial charge >= 0.3 is 11.9 Å².